The van der Waals surface area contributed by atoms with E-state index < -0.39 is 21.7 Å². The van der Waals surface area contributed by atoms with Crippen LogP contribution in [0.1, 0.15) is 48.5 Å². The van der Waals surface area contributed by atoms with Crippen molar-refractivity contribution in [3.05, 3.63) is 58.4 Å². The molecule has 0 spiro atoms. The van der Waals surface area contributed by atoms with E-state index in [1.54, 1.807) is 25.1 Å². The van der Waals surface area contributed by atoms with Crippen molar-refractivity contribution in [2.75, 3.05) is 5.32 Å². The van der Waals surface area contributed by atoms with Gasteiger partial charge in [-0.3, -0.25) is 4.79 Å². The van der Waals surface area contributed by atoms with Crippen LogP contribution in [0, 0.1) is 18.7 Å². The molecule has 0 heterocycles. The Morgan fingerprint density at radius 3 is 2.62 bits per heavy atom. The van der Waals surface area contributed by atoms with Gasteiger partial charge in [-0.15, -0.1) is 0 Å². The van der Waals surface area contributed by atoms with E-state index in [1.807, 2.05) is 6.92 Å². The van der Waals surface area contributed by atoms with E-state index in [4.69, 9.17) is 11.6 Å². The van der Waals surface area contributed by atoms with E-state index in [1.165, 1.54) is 6.07 Å². The fraction of sp³-hybridized carbons (Fsp3) is 0.381. The predicted molar refractivity (Wildman–Crippen MR) is 112 cm³/mol. The summed E-state index contributed by atoms with van der Waals surface area (Å²) in [6.07, 6.45) is 3.78. The first-order valence-electron chi connectivity index (χ1n) is 9.57. The number of hydrogen-bond acceptors (Lipinski definition) is 3. The van der Waals surface area contributed by atoms with Crippen LogP contribution >= 0.6 is 11.6 Å². The number of halogens is 2. The molecule has 2 aromatic rings. The molecule has 156 valence electrons. The number of anilines is 1. The van der Waals surface area contributed by atoms with E-state index in [0.29, 0.717) is 16.3 Å². The van der Waals surface area contributed by atoms with Gasteiger partial charge in [-0.25, -0.2) is 17.5 Å². The van der Waals surface area contributed by atoms with Crippen molar-refractivity contribution in [2.45, 2.75) is 50.5 Å². The lowest BCUT2D eigenvalue weighted by molar-refractivity contribution is 0.102. The molecule has 1 aliphatic carbocycles. The summed E-state index contributed by atoms with van der Waals surface area (Å²) in [5.41, 5.74) is 0.730. The lowest BCUT2D eigenvalue weighted by Crippen LogP contribution is -2.41. The fourth-order valence-corrected chi connectivity index (χ4v) is 5.12. The number of hydrogen-bond donors (Lipinski definition) is 2. The summed E-state index contributed by atoms with van der Waals surface area (Å²) in [5.74, 6) is -1.31. The van der Waals surface area contributed by atoms with Crippen LogP contribution in [0.2, 0.25) is 5.02 Å². The molecule has 29 heavy (non-hydrogen) atoms. The minimum absolute atomic E-state index is 0.135. The summed E-state index contributed by atoms with van der Waals surface area (Å²) >= 11 is 6.05. The summed E-state index contributed by atoms with van der Waals surface area (Å²) in [4.78, 5) is 12.5. The van der Waals surface area contributed by atoms with E-state index in [0.717, 1.165) is 37.8 Å². The molecule has 0 aliphatic heterocycles. The predicted octanol–water partition coefficient (Wildman–Crippen LogP) is 4.90. The maximum absolute atomic E-state index is 14.3. The summed E-state index contributed by atoms with van der Waals surface area (Å²) in [6, 6.07) is 8.07. The minimum atomic E-state index is -3.87. The molecule has 2 N–H and O–H groups in total. The zero-order chi connectivity index (χ0) is 21.2. The monoisotopic (exact) mass is 438 g/mol. The number of carbonyl (C=O) groups is 1. The van der Waals surface area contributed by atoms with Crippen molar-refractivity contribution in [1.82, 2.24) is 4.72 Å². The molecule has 8 heteroatoms. The van der Waals surface area contributed by atoms with E-state index >= 15 is 0 Å². The van der Waals surface area contributed by atoms with Crippen LogP contribution in [-0.4, -0.2) is 20.4 Å². The van der Waals surface area contributed by atoms with Crippen molar-refractivity contribution in [1.29, 1.82) is 0 Å². The van der Waals surface area contributed by atoms with E-state index in [2.05, 4.69) is 10.0 Å². The topological polar surface area (TPSA) is 75.3 Å². The van der Waals surface area contributed by atoms with Crippen molar-refractivity contribution < 1.29 is 17.6 Å². The highest BCUT2D eigenvalue weighted by Gasteiger charge is 2.28. The van der Waals surface area contributed by atoms with Crippen molar-refractivity contribution in [3.63, 3.8) is 0 Å². The molecule has 2 aromatic carbocycles. The van der Waals surface area contributed by atoms with Gasteiger partial charge < -0.3 is 5.32 Å². The highest BCUT2D eigenvalue weighted by Crippen LogP contribution is 2.27. The van der Waals surface area contributed by atoms with Gasteiger partial charge in [0, 0.05) is 16.8 Å². The summed E-state index contributed by atoms with van der Waals surface area (Å²) in [6.45, 7) is 3.74. The number of carbonyl (C=O) groups excluding carboxylic acids is 1. The molecule has 1 aliphatic rings. The van der Waals surface area contributed by atoms with Crippen LogP contribution in [0.25, 0.3) is 0 Å². The standard InChI is InChI=1S/C21H24ClFN2O3S/c1-13-6-3-4-8-19(13)25-29(27,28)15-10-11-18(23)16(12-15)21(26)24-20-9-5-7-17(22)14(20)2/h5,7,9-13,19,25H,3-4,6,8H2,1-2H3,(H,24,26)/t13-,19+/m0/s1. The lowest BCUT2D eigenvalue weighted by Gasteiger charge is -2.29. The van der Waals surface area contributed by atoms with Crippen LogP contribution in [0.4, 0.5) is 10.1 Å². The van der Waals surface area contributed by atoms with Crippen LogP contribution in [0.5, 0.6) is 0 Å². The van der Waals surface area contributed by atoms with Crippen molar-refractivity contribution >= 4 is 33.2 Å². The normalized spacial score (nSPS) is 19.7. The lowest BCUT2D eigenvalue weighted by atomic mass is 9.87. The van der Waals surface area contributed by atoms with Crippen molar-refractivity contribution in [2.24, 2.45) is 5.92 Å². The summed E-state index contributed by atoms with van der Waals surface area (Å²) in [7, 11) is -3.87. The smallest absolute Gasteiger partial charge is 0.258 e. The van der Waals surface area contributed by atoms with Gasteiger partial charge in [0.2, 0.25) is 10.0 Å². The summed E-state index contributed by atoms with van der Waals surface area (Å²) < 4.78 is 42.6. The van der Waals surface area contributed by atoms with E-state index in [-0.39, 0.29) is 22.4 Å². The minimum Gasteiger partial charge on any atom is -0.322 e. The van der Waals surface area contributed by atoms with E-state index in [9.17, 15) is 17.6 Å². The first kappa shape index (κ1) is 21.7. The third kappa shape index (κ3) is 4.97. The molecule has 1 fully saturated rings. The van der Waals surface area contributed by atoms with Crippen LogP contribution in [0.15, 0.2) is 41.3 Å². The molecular formula is C21H24ClFN2O3S. The molecule has 0 unspecified atom stereocenters. The molecule has 2 atom stereocenters. The number of nitrogens with one attached hydrogen (secondary N) is 2. The van der Waals surface area contributed by atoms with Gasteiger partial charge in [0.05, 0.1) is 10.5 Å². The van der Waals surface area contributed by atoms with Gasteiger partial charge in [-0.05, 0) is 61.6 Å². The Morgan fingerprint density at radius 1 is 1.17 bits per heavy atom. The molecular weight excluding hydrogens is 415 g/mol. The molecule has 3 rings (SSSR count). The van der Waals surface area contributed by atoms with Gasteiger partial charge in [0.1, 0.15) is 5.82 Å². The Hall–Kier alpha value is -1.96. The highest BCUT2D eigenvalue weighted by atomic mass is 35.5. The third-order valence-corrected chi connectivity index (χ3v) is 7.32. The average molecular weight is 439 g/mol. The zero-order valence-electron chi connectivity index (χ0n) is 16.3. The fourth-order valence-electron chi connectivity index (χ4n) is 3.54. The van der Waals surface area contributed by atoms with Gasteiger partial charge in [-0.2, -0.15) is 0 Å². The average Bonchev–Trinajstić information content (AvgIpc) is 2.67. The number of amides is 1. The van der Waals surface area contributed by atoms with Gasteiger partial charge in [0.15, 0.2) is 0 Å². The van der Waals surface area contributed by atoms with Gasteiger partial charge in [0.25, 0.3) is 5.91 Å². The Labute approximate surface area is 175 Å². The molecule has 0 saturated heterocycles. The first-order valence-corrected chi connectivity index (χ1v) is 11.4. The Bertz CT molecular complexity index is 1030. The zero-order valence-corrected chi connectivity index (χ0v) is 17.9. The second kappa shape index (κ2) is 8.81. The largest absolute Gasteiger partial charge is 0.322 e. The number of sulfonamides is 1. The summed E-state index contributed by atoms with van der Waals surface area (Å²) in [5, 5.41) is 3.06. The second-order valence-electron chi connectivity index (χ2n) is 7.50. The number of rotatable bonds is 5. The third-order valence-electron chi connectivity index (χ3n) is 5.43. The Kier molecular flexibility index (Phi) is 6.61. The Balaban J connectivity index is 1.85. The maximum Gasteiger partial charge on any atom is 0.258 e. The second-order valence-corrected chi connectivity index (χ2v) is 9.62. The van der Waals surface area contributed by atoms with Crippen LogP contribution in [-0.2, 0) is 10.0 Å². The maximum atomic E-state index is 14.3. The SMILES string of the molecule is Cc1c(Cl)cccc1NC(=O)c1cc(S(=O)(=O)N[C@@H]2CCCC[C@@H]2C)ccc1F. The molecule has 0 aromatic heterocycles. The van der Waals surface area contributed by atoms with Gasteiger partial charge in [-0.1, -0.05) is 37.4 Å². The Morgan fingerprint density at radius 2 is 1.90 bits per heavy atom. The quantitative estimate of drug-likeness (QED) is 0.697. The highest BCUT2D eigenvalue weighted by molar-refractivity contribution is 7.89. The molecule has 1 saturated carbocycles. The van der Waals surface area contributed by atoms with Crippen LogP contribution in [0.3, 0.4) is 0 Å². The van der Waals surface area contributed by atoms with Crippen molar-refractivity contribution in [3.8, 4) is 0 Å². The first-order chi connectivity index (χ1) is 13.7. The van der Waals surface area contributed by atoms with Gasteiger partial charge >= 0.3 is 0 Å². The number of benzene rings is 2. The molecule has 1 amide bonds. The molecule has 0 radical (unpaired) electrons. The molecule has 5 nitrogen and oxygen atoms in total. The molecule has 0 bridgehead atoms. The van der Waals surface area contributed by atoms with Crippen LogP contribution < -0.4 is 10.0 Å².